The molecule has 0 unspecified atom stereocenters. The summed E-state index contributed by atoms with van der Waals surface area (Å²) in [5.74, 6) is 0. The van der Waals surface area contributed by atoms with E-state index in [2.05, 4.69) is 23.0 Å². The zero-order valence-corrected chi connectivity index (χ0v) is 9.44. The standard InChI is InChI=1S/C11H10N4S/c1-2-5-15-11(10(8-12)13-14-15)7-9-4-3-6-16-9/h2-4,6H,1,5,7H2. The van der Waals surface area contributed by atoms with E-state index in [-0.39, 0.29) is 0 Å². The van der Waals surface area contributed by atoms with Crippen LogP contribution in [0.3, 0.4) is 0 Å². The Kier molecular flexibility index (Phi) is 3.13. The lowest BCUT2D eigenvalue weighted by atomic mass is 10.2. The van der Waals surface area contributed by atoms with E-state index in [1.165, 1.54) is 4.88 Å². The Hall–Kier alpha value is -1.93. The van der Waals surface area contributed by atoms with Gasteiger partial charge in [-0.1, -0.05) is 17.4 Å². The number of thiophene rings is 1. The minimum absolute atomic E-state index is 0.398. The van der Waals surface area contributed by atoms with E-state index in [0.29, 0.717) is 18.7 Å². The van der Waals surface area contributed by atoms with Crippen LogP contribution in [0.1, 0.15) is 16.3 Å². The summed E-state index contributed by atoms with van der Waals surface area (Å²) in [6.07, 6.45) is 2.44. The Morgan fingerprint density at radius 3 is 3.12 bits per heavy atom. The number of aromatic nitrogens is 3. The van der Waals surface area contributed by atoms with Gasteiger partial charge in [0.05, 0.1) is 12.2 Å². The second-order valence-corrected chi connectivity index (χ2v) is 4.26. The minimum atomic E-state index is 0.398. The Bertz CT molecular complexity index is 519. The molecule has 0 bridgehead atoms. The zero-order chi connectivity index (χ0) is 11.4. The average Bonchev–Trinajstić information content (AvgIpc) is 2.91. The number of rotatable bonds is 4. The largest absolute Gasteiger partial charge is 0.244 e. The molecule has 5 heteroatoms. The number of hydrogen-bond donors (Lipinski definition) is 0. The molecule has 16 heavy (non-hydrogen) atoms. The highest BCUT2D eigenvalue weighted by Gasteiger charge is 2.12. The summed E-state index contributed by atoms with van der Waals surface area (Å²) < 4.78 is 1.71. The van der Waals surface area contributed by atoms with Crippen molar-refractivity contribution in [1.29, 1.82) is 5.26 Å². The molecule has 0 saturated heterocycles. The van der Waals surface area contributed by atoms with Gasteiger partial charge in [0.2, 0.25) is 0 Å². The van der Waals surface area contributed by atoms with Gasteiger partial charge < -0.3 is 0 Å². The van der Waals surface area contributed by atoms with E-state index in [0.717, 1.165) is 5.69 Å². The van der Waals surface area contributed by atoms with Crippen molar-refractivity contribution in [3.05, 3.63) is 46.4 Å². The molecule has 2 heterocycles. The van der Waals surface area contributed by atoms with Crippen LogP contribution < -0.4 is 0 Å². The van der Waals surface area contributed by atoms with E-state index in [1.54, 1.807) is 22.1 Å². The molecular formula is C11H10N4S. The lowest BCUT2D eigenvalue weighted by molar-refractivity contribution is 0.638. The normalized spacial score (nSPS) is 9.94. The van der Waals surface area contributed by atoms with Crippen molar-refractivity contribution in [2.45, 2.75) is 13.0 Å². The molecule has 0 atom stereocenters. The molecule has 0 saturated carbocycles. The van der Waals surface area contributed by atoms with Gasteiger partial charge >= 0.3 is 0 Å². The first kappa shape index (κ1) is 10.6. The van der Waals surface area contributed by atoms with Crippen LogP contribution in [0.15, 0.2) is 30.2 Å². The molecule has 2 rings (SSSR count). The molecule has 0 fully saturated rings. The van der Waals surface area contributed by atoms with Gasteiger partial charge in [-0.3, -0.25) is 0 Å². The van der Waals surface area contributed by atoms with Crippen molar-refractivity contribution in [3.63, 3.8) is 0 Å². The van der Waals surface area contributed by atoms with Crippen LogP contribution in [-0.2, 0) is 13.0 Å². The molecular weight excluding hydrogens is 220 g/mol. The highest BCUT2D eigenvalue weighted by atomic mass is 32.1. The quantitative estimate of drug-likeness (QED) is 0.755. The number of nitrogens with zero attached hydrogens (tertiary/aromatic N) is 4. The molecule has 2 aromatic rings. The van der Waals surface area contributed by atoms with Gasteiger partial charge in [-0.15, -0.1) is 23.0 Å². The molecule has 0 amide bonds. The third-order valence-corrected chi connectivity index (χ3v) is 3.04. The second kappa shape index (κ2) is 4.73. The van der Waals surface area contributed by atoms with Crippen LogP contribution in [0.25, 0.3) is 0 Å². The van der Waals surface area contributed by atoms with Crippen molar-refractivity contribution in [3.8, 4) is 6.07 Å². The van der Waals surface area contributed by atoms with Gasteiger partial charge in [0.15, 0.2) is 5.69 Å². The maximum Gasteiger partial charge on any atom is 0.186 e. The fourth-order valence-corrected chi connectivity index (χ4v) is 2.15. The first-order valence-electron chi connectivity index (χ1n) is 4.81. The highest BCUT2D eigenvalue weighted by molar-refractivity contribution is 7.09. The van der Waals surface area contributed by atoms with E-state index in [1.807, 2.05) is 17.5 Å². The Labute approximate surface area is 97.5 Å². The van der Waals surface area contributed by atoms with Crippen LogP contribution in [0.2, 0.25) is 0 Å². The third-order valence-electron chi connectivity index (χ3n) is 2.17. The maximum absolute atomic E-state index is 8.94. The van der Waals surface area contributed by atoms with Crippen molar-refractivity contribution in [2.24, 2.45) is 0 Å². The fraction of sp³-hybridized carbons (Fsp3) is 0.182. The minimum Gasteiger partial charge on any atom is -0.244 e. The number of allylic oxidation sites excluding steroid dienone is 1. The molecule has 4 nitrogen and oxygen atoms in total. The molecule has 0 aliphatic rings. The zero-order valence-electron chi connectivity index (χ0n) is 8.63. The summed E-state index contributed by atoms with van der Waals surface area (Å²) in [7, 11) is 0. The van der Waals surface area contributed by atoms with Crippen molar-refractivity contribution in [2.75, 3.05) is 0 Å². The number of hydrogen-bond acceptors (Lipinski definition) is 4. The monoisotopic (exact) mass is 230 g/mol. The van der Waals surface area contributed by atoms with E-state index in [9.17, 15) is 0 Å². The summed E-state index contributed by atoms with van der Waals surface area (Å²) in [5, 5.41) is 18.7. The van der Waals surface area contributed by atoms with Crippen LogP contribution in [0, 0.1) is 11.3 Å². The molecule has 0 radical (unpaired) electrons. The SMILES string of the molecule is C=CCn1nnc(C#N)c1Cc1cccs1. The summed E-state index contributed by atoms with van der Waals surface area (Å²) in [5.41, 5.74) is 1.25. The molecule has 0 aliphatic carbocycles. The predicted molar refractivity (Wildman–Crippen MR) is 62.1 cm³/mol. The van der Waals surface area contributed by atoms with Crippen molar-refractivity contribution in [1.82, 2.24) is 15.0 Å². The van der Waals surface area contributed by atoms with E-state index < -0.39 is 0 Å². The van der Waals surface area contributed by atoms with E-state index >= 15 is 0 Å². The van der Waals surface area contributed by atoms with Crippen molar-refractivity contribution >= 4 is 11.3 Å². The highest BCUT2D eigenvalue weighted by Crippen LogP contribution is 2.16. The summed E-state index contributed by atoms with van der Waals surface area (Å²) in [6, 6.07) is 6.10. The second-order valence-electron chi connectivity index (χ2n) is 3.22. The summed E-state index contributed by atoms with van der Waals surface area (Å²) >= 11 is 1.66. The van der Waals surface area contributed by atoms with E-state index in [4.69, 9.17) is 5.26 Å². The molecule has 80 valence electrons. The Balaban J connectivity index is 2.33. The lowest BCUT2D eigenvalue weighted by Crippen LogP contribution is -2.04. The van der Waals surface area contributed by atoms with Gasteiger partial charge in [-0.25, -0.2) is 4.68 Å². The van der Waals surface area contributed by atoms with Crippen molar-refractivity contribution < 1.29 is 0 Å². The Morgan fingerprint density at radius 1 is 1.62 bits per heavy atom. The molecule has 0 N–H and O–H groups in total. The fourth-order valence-electron chi connectivity index (χ4n) is 1.44. The summed E-state index contributed by atoms with van der Waals surface area (Å²) in [4.78, 5) is 1.20. The molecule has 0 aliphatic heterocycles. The van der Waals surface area contributed by atoms with Gasteiger partial charge in [0.25, 0.3) is 0 Å². The van der Waals surface area contributed by atoms with Crippen LogP contribution in [0.4, 0.5) is 0 Å². The molecule has 0 aromatic carbocycles. The predicted octanol–water partition coefficient (Wildman–Crippen LogP) is 1.99. The van der Waals surface area contributed by atoms with Gasteiger partial charge in [0.1, 0.15) is 6.07 Å². The average molecular weight is 230 g/mol. The van der Waals surface area contributed by atoms with Crippen LogP contribution in [-0.4, -0.2) is 15.0 Å². The number of nitriles is 1. The third kappa shape index (κ3) is 2.02. The topological polar surface area (TPSA) is 54.5 Å². The maximum atomic E-state index is 8.94. The van der Waals surface area contributed by atoms with Gasteiger partial charge in [-0.2, -0.15) is 5.26 Å². The molecule has 0 spiro atoms. The van der Waals surface area contributed by atoms with Gasteiger partial charge in [0, 0.05) is 11.3 Å². The Morgan fingerprint density at radius 2 is 2.50 bits per heavy atom. The van der Waals surface area contributed by atoms with Crippen LogP contribution >= 0.6 is 11.3 Å². The summed E-state index contributed by atoms with van der Waals surface area (Å²) in [6.45, 7) is 4.24. The van der Waals surface area contributed by atoms with Gasteiger partial charge in [-0.05, 0) is 11.4 Å². The lowest BCUT2D eigenvalue weighted by Gasteiger charge is -2.01. The first-order chi connectivity index (χ1) is 7.85. The van der Waals surface area contributed by atoms with Crippen LogP contribution in [0.5, 0.6) is 0 Å². The smallest absolute Gasteiger partial charge is 0.186 e. The molecule has 2 aromatic heterocycles. The first-order valence-corrected chi connectivity index (χ1v) is 5.69.